The molecule has 0 aliphatic rings. The molecule has 0 saturated carbocycles. The van der Waals surface area contributed by atoms with Gasteiger partial charge in [0.15, 0.2) is 0 Å². The lowest BCUT2D eigenvalue weighted by Crippen LogP contribution is -2.04. The lowest BCUT2D eigenvalue weighted by molar-refractivity contribution is 1.01. The van der Waals surface area contributed by atoms with E-state index in [2.05, 4.69) is 14.7 Å². The highest BCUT2D eigenvalue weighted by molar-refractivity contribution is 7.09. The number of benzene rings is 1. The Balaban J connectivity index is 1.82. The maximum Gasteiger partial charge on any atom is 0.202 e. The molecule has 2 rings (SSSR count). The van der Waals surface area contributed by atoms with Gasteiger partial charge < -0.3 is 5.32 Å². The Morgan fingerprint density at radius 3 is 2.69 bits per heavy atom. The highest BCUT2D eigenvalue weighted by Crippen LogP contribution is 2.12. The van der Waals surface area contributed by atoms with Gasteiger partial charge in [0.25, 0.3) is 0 Å². The molecule has 1 aromatic carbocycles. The molecule has 16 heavy (non-hydrogen) atoms. The summed E-state index contributed by atoms with van der Waals surface area (Å²) in [5.74, 6) is 0.819. The van der Waals surface area contributed by atoms with Crippen molar-refractivity contribution in [3.8, 4) is 0 Å². The Labute approximate surface area is 104 Å². The van der Waals surface area contributed by atoms with Gasteiger partial charge in [-0.3, -0.25) is 0 Å². The van der Waals surface area contributed by atoms with Crippen LogP contribution in [0.5, 0.6) is 0 Å². The lowest BCUT2D eigenvalue weighted by atomic mass is 10.1. The zero-order valence-corrected chi connectivity index (χ0v) is 10.5. The fraction of sp³-hybridized carbons (Fsp3) is 0.273. The number of rotatable bonds is 4. The Bertz CT molecular complexity index is 453. The lowest BCUT2D eigenvalue weighted by Gasteiger charge is -2.02. The smallest absolute Gasteiger partial charge is 0.202 e. The van der Waals surface area contributed by atoms with E-state index in [1.807, 2.05) is 31.2 Å². The first kappa shape index (κ1) is 11.4. The molecule has 0 bridgehead atoms. The molecule has 0 radical (unpaired) electrons. The maximum atomic E-state index is 5.81. The first-order valence-electron chi connectivity index (χ1n) is 5.02. The van der Waals surface area contributed by atoms with Crippen LogP contribution in [0.3, 0.4) is 0 Å². The van der Waals surface area contributed by atoms with Gasteiger partial charge in [0.05, 0.1) is 0 Å². The van der Waals surface area contributed by atoms with Gasteiger partial charge in [-0.05, 0) is 31.0 Å². The predicted octanol–water partition coefficient (Wildman–Crippen LogP) is 3.15. The third kappa shape index (κ3) is 3.18. The summed E-state index contributed by atoms with van der Waals surface area (Å²) in [5.41, 5.74) is 1.26. The zero-order valence-electron chi connectivity index (χ0n) is 8.90. The summed E-state index contributed by atoms with van der Waals surface area (Å²) in [6.45, 7) is 2.75. The Hall–Kier alpha value is -1.13. The highest BCUT2D eigenvalue weighted by atomic mass is 35.5. The minimum atomic E-state index is 0.774. The second-order valence-electron chi connectivity index (χ2n) is 3.45. The van der Waals surface area contributed by atoms with Gasteiger partial charge in [-0.25, -0.2) is 4.98 Å². The molecule has 0 amide bonds. The van der Waals surface area contributed by atoms with Crippen molar-refractivity contribution in [2.75, 3.05) is 11.9 Å². The molecule has 84 valence electrons. The number of nitrogens with zero attached hydrogens (tertiary/aromatic N) is 2. The van der Waals surface area contributed by atoms with Gasteiger partial charge >= 0.3 is 0 Å². The van der Waals surface area contributed by atoms with Crippen LogP contribution < -0.4 is 5.32 Å². The first-order chi connectivity index (χ1) is 7.74. The normalized spacial score (nSPS) is 10.4. The molecule has 0 saturated heterocycles. The predicted molar refractivity (Wildman–Crippen MR) is 68.3 cm³/mol. The molecule has 0 spiro atoms. The first-order valence-corrected chi connectivity index (χ1v) is 6.18. The van der Waals surface area contributed by atoms with Crippen LogP contribution in [-0.4, -0.2) is 15.9 Å². The van der Waals surface area contributed by atoms with E-state index in [0.717, 1.165) is 28.9 Å². The SMILES string of the molecule is Cc1nsc(NCCc2ccc(Cl)cc2)n1. The molecule has 2 aromatic rings. The third-order valence-corrected chi connectivity index (χ3v) is 3.15. The summed E-state index contributed by atoms with van der Waals surface area (Å²) < 4.78 is 4.10. The standard InChI is InChI=1S/C11H12ClN3S/c1-8-14-11(16-15-8)13-7-6-9-2-4-10(12)5-3-9/h2-5H,6-7H2,1H3,(H,13,14,15). The van der Waals surface area contributed by atoms with E-state index in [4.69, 9.17) is 11.6 Å². The summed E-state index contributed by atoms with van der Waals surface area (Å²) in [6.07, 6.45) is 0.954. The molecule has 1 aromatic heterocycles. The van der Waals surface area contributed by atoms with Crippen LogP contribution in [0, 0.1) is 6.92 Å². The number of hydrogen-bond donors (Lipinski definition) is 1. The molecule has 0 fully saturated rings. The van der Waals surface area contributed by atoms with E-state index in [1.54, 1.807) is 0 Å². The second-order valence-corrected chi connectivity index (χ2v) is 4.64. The number of halogens is 1. The van der Waals surface area contributed by atoms with Crippen LogP contribution in [0.4, 0.5) is 5.13 Å². The molecule has 1 heterocycles. The molecule has 1 N–H and O–H groups in total. The maximum absolute atomic E-state index is 5.81. The van der Waals surface area contributed by atoms with Crippen molar-refractivity contribution in [2.24, 2.45) is 0 Å². The number of aryl methyl sites for hydroxylation is 1. The minimum absolute atomic E-state index is 0.774. The van der Waals surface area contributed by atoms with E-state index in [1.165, 1.54) is 17.1 Å². The van der Waals surface area contributed by atoms with E-state index in [9.17, 15) is 0 Å². The summed E-state index contributed by atoms with van der Waals surface area (Å²) in [7, 11) is 0. The summed E-state index contributed by atoms with van der Waals surface area (Å²) in [6, 6.07) is 7.89. The third-order valence-electron chi connectivity index (χ3n) is 2.13. The zero-order chi connectivity index (χ0) is 11.4. The Morgan fingerprint density at radius 1 is 1.31 bits per heavy atom. The molecule has 0 atom stereocenters. The van der Waals surface area contributed by atoms with Gasteiger partial charge in [0.2, 0.25) is 5.13 Å². The Morgan fingerprint density at radius 2 is 2.06 bits per heavy atom. The second kappa shape index (κ2) is 5.27. The van der Waals surface area contributed by atoms with Crippen molar-refractivity contribution in [2.45, 2.75) is 13.3 Å². The van der Waals surface area contributed by atoms with Crippen LogP contribution in [0.2, 0.25) is 5.02 Å². The number of hydrogen-bond acceptors (Lipinski definition) is 4. The number of anilines is 1. The van der Waals surface area contributed by atoms with Crippen molar-refractivity contribution in [1.29, 1.82) is 0 Å². The molecule has 0 aliphatic heterocycles. The van der Waals surface area contributed by atoms with Gasteiger partial charge in [-0.1, -0.05) is 23.7 Å². The van der Waals surface area contributed by atoms with Crippen LogP contribution in [0.25, 0.3) is 0 Å². The largest absolute Gasteiger partial charge is 0.360 e. The van der Waals surface area contributed by atoms with Crippen LogP contribution in [0.1, 0.15) is 11.4 Å². The van der Waals surface area contributed by atoms with Crippen molar-refractivity contribution in [1.82, 2.24) is 9.36 Å². The summed E-state index contributed by atoms with van der Waals surface area (Å²) in [5, 5.41) is 4.90. The average Bonchev–Trinajstić information content (AvgIpc) is 2.67. The van der Waals surface area contributed by atoms with E-state index < -0.39 is 0 Å². The van der Waals surface area contributed by atoms with Gasteiger partial charge in [-0.15, -0.1) is 0 Å². The Kier molecular flexibility index (Phi) is 3.74. The summed E-state index contributed by atoms with van der Waals surface area (Å²) in [4.78, 5) is 4.23. The fourth-order valence-electron chi connectivity index (χ4n) is 1.33. The van der Waals surface area contributed by atoms with Crippen LogP contribution in [0.15, 0.2) is 24.3 Å². The minimum Gasteiger partial charge on any atom is -0.360 e. The van der Waals surface area contributed by atoms with Crippen LogP contribution >= 0.6 is 23.1 Å². The topological polar surface area (TPSA) is 37.8 Å². The molecule has 0 unspecified atom stereocenters. The molecule has 0 aliphatic carbocycles. The van der Waals surface area contributed by atoms with Crippen LogP contribution in [-0.2, 0) is 6.42 Å². The van der Waals surface area contributed by atoms with Crippen molar-refractivity contribution >= 4 is 28.3 Å². The van der Waals surface area contributed by atoms with Crippen molar-refractivity contribution in [3.63, 3.8) is 0 Å². The van der Waals surface area contributed by atoms with E-state index >= 15 is 0 Å². The van der Waals surface area contributed by atoms with Crippen molar-refractivity contribution < 1.29 is 0 Å². The fourth-order valence-corrected chi connectivity index (χ4v) is 2.06. The van der Waals surface area contributed by atoms with Gasteiger partial charge in [0.1, 0.15) is 5.82 Å². The number of aromatic nitrogens is 2. The monoisotopic (exact) mass is 253 g/mol. The molecular formula is C11H12ClN3S. The molecular weight excluding hydrogens is 242 g/mol. The van der Waals surface area contributed by atoms with E-state index in [-0.39, 0.29) is 0 Å². The highest BCUT2D eigenvalue weighted by Gasteiger charge is 1.98. The van der Waals surface area contributed by atoms with Gasteiger partial charge in [-0.2, -0.15) is 4.37 Å². The van der Waals surface area contributed by atoms with Gasteiger partial charge in [0, 0.05) is 23.1 Å². The van der Waals surface area contributed by atoms with Crippen molar-refractivity contribution in [3.05, 3.63) is 40.7 Å². The quantitative estimate of drug-likeness (QED) is 0.910. The van der Waals surface area contributed by atoms with E-state index in [0.29, 0.717) is 0 Å². The average molecular weight is 254 g/mol. The molecule has 5 heteroatoms. The summed E-state index contributed by atoms with van der Waals surface area (Å²) >= 11 is 7.21. The number of nitrogens with one attached hydrogen (secondary N) is 1. The molecule has 3 nitrogen and oxygen atoms in total.